The van der Waals surface area contributed by atoms with Crippen LogP contribution in [0.5, 0.6) is 0 Å². The van der Waals surface area contributed by atoms with Crippen LogP contribution in [0.25, 0.3) is 10.9 Å². The Hall–Kier alpha value is -2.38. The molecule has 0 unspecified atom stereocenters. The molecule has 7 nitrogen and oxygen atoms in total. The molecule has 1 saturated heterocycles. The summed E-state index contributed by atoms with van der Waals surface area (Å²) >= 11 is 0. The third-order valence-corrected chi connectivity index (χ3v) is 5.95. The zero-order valence-electron chi connectivity index (χ0n) is 18.8. The lowest BCUT2D eigenvalue weighted by atomic mass is 9.94. The number of carbonyl (C=O) groups is 2. The van der Waals surface area contributed by atoms with Gasteiger partial charge in [0.25, 0.3) is 5.91 Å². The number of carboxylic acids is 1. The number of unbranched alkanes of at least 4 members (excludes halogenated alkanes) is 1. The molecule has 3 rings (SSSR count). The maximum Gasteiger partial charge on any atom is 0.307 e. The fourth-order valence-electron chi connectivity index (χ4n) is 4.43. The van der Waals surface area contributed by atoms with Gasteiger partial charge < -0.3 is 24.6 Å². The summed E-state index contributed by atoms with van der Waals surface area (Å²) in [5.74, 6) is -1.01. The van der Waals surface area contributed by atoms with Crippen molar-refractivity contribution in [1.82, 2.24) is 14.8 Å². The molecule has 2 aromatic rings. The van der Waals surface area contributed by atoms with Crippen LogP contribution in [0.2, 0.25) is 0 Å². The van der Waals surface area contributed by atoms with Crippen LogP contribution in [0.4, 0.5) is 0 Å². The number of nitrogens with one attached hydrogen (secondary N) is 1. The van der Waals surface area contributed by atoms with Gasteiger partial charge in [-0.15, -0.1) is 0 Å². The maximum absolute atomic E-state index is 13.8. The first-order valence-electron chi connectivity index (χ1n) is 11.2. The van der Waals surface area contributed by atoms with Crippen molar-refractivity contribution in [3.8, 4) is 0 Å². The van der Waals surface area contributed by atoms with Crippen LogP contribution in [0.3, 0.4) is 0 Å². The van der Waals surface area contributed by atoms with Crippen LogP contribution >= 0.6 is 0 Å². The van der Waals surface area contributed by atoms with Gasteiger partial charge in [0.05, 0.1) is 5.92 Å². The van der Waals surface area contributed by atoms with E-state index in [0.717, 1.165) is 30.3 Å². The van der Waals surface area contributed by atoms with Crippen molar-refractivity contribution in [1.29, 1.82) is 0 Å². The highest BCUT2D eigenvalue weighted by Crippen LogP contribution is 2.25. The van der Waals surface area contributed by atoms with Crippen LogP contribution < -0.4 is 5.32 Å². The standard InChI is InChI=1S/C24H35N3O4/c1-17(2)16-27(20-12-19(24(29)30)14-25-15-20)23(28)22-13-18-8-4-5-9-21(18)26(22)10-6-7-11-31-3/h4-5,8-9,13,17,19-20,25H,6-7,10-12,14-16H2,1-3H3,(H,29,30)/t19-,20+/m1/s1. The number of piperidine rings is 1. The Bertz CT molecular complexity index is 892. The van der Waals surface area contributed by atoms with E-state index in [1.165, 1.54) is 0 Å². The molecule has 1 aromatic heterocycles. The molecule has 1 fully saturated rings. The van der Waals surface area contributed by atoms with E-state index < -0.39 is 11.9 Å². The van der Waals surface area contributed by atoms with Crippen LogP contribution in [-0.4, -0.2) is 65.8 Å². The summed E-state index contributed by atoms with van der Waals surface area (Å²) < 4.78 is 7.29. The SMILES string of the molecule is COCCCCn1c(C(=O)N(CC(C)C)[C@@H]2CNC[C@H](C(=O)O)C2)cc2ccccc21. The first kappa shape index (κ1) is 23.3. The molecule has 0 bridgehead atoms. The quantitative estimate of drug-likeness (QED) is 0.567. The molecule has 7 heteroatoms. The topological polar surface area (TPSA) is 83.8 Å². The van der Waals surface area contributed by atoms with Crippen molar-refractivity contribution >= 4 is 22.8 Å². The van der Waals surface area contributed by atoms with Gasteiger partial charge in [-0.05, 0) is 37.3 Å². The average molecular weight is 430 g/mol. The Morgan fingerprint density at radius 3 is 2.74 bits per heavy atom. The lowest BCUT2D eigenvalue weighted by Crippen LogP contribution is -2.53. The first-order valence-corrected chi connectivity index (χ1v) is 11.2. The Kier molecular flexibility index (Phi) is 8.09. The molecule has 170 valence electrons. The summed E-state index contributed by atoms with van der Waals surface area (Å²) in [5.41, 5.74) is 1.73. The Morgan fingerprint density at radius 2 is 2.03 bits per heavy atom. The molecule has 1 aliphatic heterocycles. The van der Waals surface area contributed by atoms with Crippen molar-refractivity contribution in [2.24, 2.45) is 11.8 Å². The summed E-state index contributed by atoms with van der Waals surface area (Å²) in [4.78, 5) is 27.3. The van der Waals surface area contributed by atoms with Crippen molar-refractivity contribution < 1.29 is 19.4 Å². The van der Waals surface area contributed by atoms with Gasteiger partial charge in [-0.25, -0.2) is 0 Å². The highest BCUT2D eigenvalue weighted by atomic mass is 16.5. The highest BCUT2D eigenvalue weighted by Gasteiger charge is 2.34. The van der Waals surface area contributed by atoms with Gasteiger partial charge in [0.1, 0.15) is 5.69 Å². The molecule has 0 aliphatic carbocycles. The van der Waals surface area contributed by atoms with Gasteiger partial charge in [-0.2, -0.15) is 0 Å². The normalized spacial score (nSPS) is 19.1. The zero-order chi connectivity index (χ0) is 22.4. The van der Waals surface area contributed by atoms with E-state index in [2.05, 4.69) is 29.8 Å². The summed E-state index contributed by atoms with van der Waals surface area (Å²) in [5, 5.41) is 13.8. The number of hydrogen-bond donors (Lipinski definition) is 2. The molecule has 0 spiro atoms. The summed E-state index contributed by atoms with van der Waals surface area (Å²) in [7, 11) is 1.70. The predicted octanol–water partition coefficient (Wildman–Crippen LogP) is 3.23. The number of ether oxygens (including phenoxy) is 1. The van der Waals surface area contributed by atoms with E-state index in [-0.39, 0.29) is 17.9 Å². The highest BCUT2D eigenvalue weighted by molar-refractivity contribution is 5.99. The van der Waals surface area contributed by atoms with Crippen molar-refractivity contribution in [2.45, 2.75) is 45.7 Å². The monoisotopic (exact) mass is 429 g/mol. The number of methoxy groups -OCH3 is 1. The lowest BCUT2D eigenvalue weighted by Gasteiger charge is -2.38. The fourth-order valence-corrected chi connectivity index (χ4v) is 4.43. The van der Waals surface area contributed by atoms with Gasteiger partial charge >= 0.3 is 5.97 Å². The fraction of sp³-hybridized carbons (Fsp3) is 0.583. The molecule has 2 N–H and O–H groups in total. The minimum absolute atomic E-state index is 0.0190. The molecule has 2 heterocycles. The summed E-state index contributed by atoms with van der Waals surface area (Å²) in [6.45, 7) is 7.30. The molecule has 1 amide bonds. The second kappa shape index (κ2) is 10.8. The number of amides is 1. The number of rotatable bonds is 10. The van der Waals surface area contributed by atoms with Gasteiger partial charge in [-0.3, -0.25) is 9.59 Å². The van der Waals surface area contributed by atoms with Gasteiger partial charge in [0.2, 0.25) is 0 Å². The predicted molar refractivity (Wildman–Crippen MR) is 121 cm³/mol. The lowest BCUT2D eigenvalue weighted by molar-refractivity contribution is -0.142. The van der Waals surface area contributed by atoms with Crippen molar-refractivity contribution in [3.05, 3.63) is 36.0 Å². The number of carboxylic acid groups (broad SMARTS) is 1. The molecule has 1 aromatic carbocycles. The molecular formula is C24H35N3O4. The zero-order valence-corrected chi connectivity index (χ0v) is 18.8. The smallest absolute Gasteiger partial charge is 0.307 e. The molecule has 31 heavy (non-hydrogen) atoms. The molecule has 0 radical (unpaired) electrons. The van der Waals surface area contributed by atoms with Crippen molar-refractivity contribution in [3.63, 3.8) is 0 Å². The van der Waals surface area contributed by atoms with Crippen LogP contribution in [0.15, 0.2) is 30.3 Å². The van der Waals surface area contributed by atoms with E-state index in [9.17, 15) is 14.7 Å². The number of carbonyl (C=O) groups excluding carboxylic acids is 1. The Morgan fingerprint density at radius 1 is 1.26 bits per heavy atom. The minimum atomic E-state index is -0.804. The Balaban J connectivity index is 1.92. The third-order valence-electron chi connectivity index (χ3n) is 5.95. The molecular weight excluding hydrogens is 394 g/mol. The Labute approximate surface area is 184 Å². The van der Waals surface area contributed by atoms with Gasteiger partial charge in [-0.1, -0.05) is 32.0 Å². The number of aromatic nitrogens is 1. The summed E-state index contributed by atoms with van der Waals surface area (Å²) in [6.07, 6.45) is 2.33. The number of nitrogens with zero attached hydrogens (tertiary/aromatic N) is 2. The molecule has 1 aliphatic rings. The van der Waals surface area contributed by atoms with Gasteiger partial charge in [0, 0.05) is 56.8 Å². The largest absolute Gasteiger partial charge is 0.481 e. The van der Waals surface area contributed by atoms with Gasteiger partial charge in [0.15, 0.2) is 0 Å². The van der Waals surface area contributed by atoms with Crippen LogP contribution in [-0.2, 0) is 16.1 Å². The number of para-hydroxylation sites is 1. The van der Waals surface area contributed by atoms with Crippen LogP contribution in [0.1, 0.15) is 43.6 Å². The second-order valence-electron chi connectivity index (χ2n) is 8.87. The van der Waals surface area contributed by atoms with Crippen molar-refractivity contribution in [2.75, 3.05) is 33.4 Å². The van der Waals surface area contributed by atoms with E-state index >= 15 is 0 Å². The number of aliphatic carboxylic acids is 1. The second-order valence-corrected chi connectivity index (χ2v) is 8.87. The first-order chi connectivity index (χ1) is 14.9. The third kappa shape index (κ3) is 5.66. The number of hydrogen-bond acceptors (Lipinski definition) is 4. The minimum Gasteiger partial charge on any atom is -0.481 e. The molecule has 2 atom stereocenters. The number of benzene rings is 1. The van der Waals surface area contributed by atoms with Crippen LogP contribution in [0, 0.1) is 11.8 Å². The maximum atomic E-state index is 13.8. The van der Waals surface area contributed by atoms with E-state index in [4.69, 9.17) is 4.74 Å². The van der Waals surface area contributed by atoms with E-state index in [1.54, 1.807) is 7.11 Å². The molecule has 0 saturated carbocycles. The number of fused-ring (bicyclic) bond motifs is 1. The average Bonchev–Trinajstić information content (AvgIpc) is 3.13. The summed E-state index contributed by atoms with van der Waals surface area (Å²) in [6, 6.07) is 9.92. The van der Waals surface area contributed by atoms with E-state index in [1.807, 2.05) is 29.2 Å². The van der Waals surface area contributed by atoms with E-state index in [0.29, 0.717) is 38.4 Å². The number of aryl methyl sites for hydroxylation is 1.